The van der Waals surface area contributed by atoms with E-state index in [0.717, 1.165) is 0 Å². The number of aliphatic carboxylic acids is 1. The molecule has 0 heterocycles. The van der Waals surface area contributed by atoms with Crippen molar-refractivity contribution in [3.05, 3.63) is 35.9 Å². The van der Waals surface area contributed by atoms with Crippen molar-refractivity contribution >= 4 is 13.6 Å². The molecule has 3 N–H and O–H groups in total. The number of hydrogen-bond donors (Lipinski definition) is 3. The number of ether oxygens (including phenoxy) is 1. The molecule has 1 rings (SSSR count). The molecule has 0 spiro atoms. The molecule has 0 bridgehead atoms. The minimum atomic E-state index is -4.40. The largest absolute Gasteiger partial charge is 0.481 e. The second-order valence-corrected chi connectivity index (χ2v) is 5.72. The molecule has 1 aromatic rings. The third kappa shape index (κ3) is 5.98. The first-order valence-electron chi connectivity index (χ1n) is 5.85. The molecule has 0 saturated heterocycles. The molecule has 106 valence electrons. The molecule has 19 heavy (non-hydrogen) atoms. The zero-order valence-electron chi connectivity index (χ0n) is 10.3. The van der Waals surface area contributed by atoms with E-state index in [1.54, 1.807) is 30.3 Å². The molecule has 7 heteroatoms. The van der Waals surface area contributed by atoms with Crippen LogP contribution in [0.4, 0.5) is 0 Å². The lowest BCUT2D eigenvalue weighted by atomic mass is 10.2. The molecule has 0 fully saturated rings. The molecular weight excluding hydrogens is 271 g/mol. The molecular formula is C12H17O6P. The fourth-order valence-corrected chi connectivity index (χ4v) is 2.44. The topological polar surface area (TPSA) is 104 Å². The summed E-state index contributed by atoms with van der Waals surface area (Å²) in [5.41, 5.74) is 0.411. The van der Waals surface area contributed by atoms with Gasteiger partial charge in [0.2, 0.25) is 0 Å². The lowest BCUT2D eigenvalue weighted by Crippen LogP contribution is -2.07. The van der Waals surface area contributed by atoms with Crippen LogP contribution >= 0.6 is 7.60 Å². The zero-order chi connectivity index (χ0) is 14.3. The molecule has 0 radical (unpaired) electrons. The van der Waals surface area contributed by atoms with Crippen LogP contribution in [0.1, 0.15) is 30.7 Å². The fourth-order valence-electron chi connectivity index (χ4n) is 1.58. The number of carbonyl (C=O) groups is 1. The quantitative estimate of drug-likeness (QED) is 0.500. The number of benzene rings is 1. The van der Waals surface area contributed by atoms with Crippen LogP contribution in [0.5, 0.6) is 0 Å². The Morgan fingerprint density at radius 1 is 1.21 bits per heavy atom. The van der Waals surface area contributed by atoms with Gasteiger partial charge < -0.3 is 19.6 Å². The normalized spacial score (nSPS) is 13.2. The van der Waals surface area contributed by atoms with Crippen LogP contribution in [0.25, 0.3) is 0 Å². The lowest BCUT2D eigenvalue weighted by molar-refractivity contribution is -0.137. The standard InChI is InChI=1S/C12H17O6P/c13-11(14)8-4-5-9-18-12(19(15,16)17)10-6-2-1-3-7-10/h1-3,6-7,12H,4-5,8-9H2,(H,13,14)(H2,15,16,17). The first-order valence-corrected chi connectivity index (χ1v) is 7.53. The van der Waals surface area contributed by atoms with Gasteiger partial charge in [-0.25, -0.2) is 0 Å². The highest BCUT2D eigenvalue weighted by molar-refractivity contribution is 7.52. The number of carboxylic acid groups (broad SMARTS) is 1. The zero-order valence-corrected chi connectivity index (χ0v) is 11.2. The van der Waals surface area contributed by atoms with E-state index in [2.05, 4.69) is 0 Å². The monoisotopic (exact) mass is 288 g/mol. The van der Waals surface area contributed by atoms with E-state index in [4.69, 9.17) is 9.84 Å². The van der Waals surface area contributed by atoms with E-state index >= 15 is 0 Å². The maximum atomic E-state index is 11.4. The summed E-state index contributed by atoms with van der Waals surface area (Å²) < 4.78 is 16.6. The van der Waals surface area contributed by atoms with Gasteiger partial charge in [0.15, 0.2) is 5.85 Å². The van der Waals surface area contributed by atoms with Gasteiger partial charge in [0.25, 0.3) is 0 Å². The Morgan fingerprint density at radius 2 is 1.84 bits per heavy atom. The van der Waals surface area contributed by atoms with Crippen LogP contribution in [0, 0.1) is 0 Å². The fraction of sp³-hybridized carbons (Fsp3) is 0.417. The van der Waals surface area contributed by atoms with Crippen molar-refractivity contribution in [2.24, 2.45) is 0 Å². The molecule has 0 aromatic heterocycles. The second-order valence-electron chi connectivity index (χ2n) is 4.07. The van der Waals surface area contributed by atoms with Gasteiger partial charge in [-0.3, -0.25) is 9.36 Å². The average molecular weight is 288 g/mol. The van der Waals surface area contributed by atoms with Gasteiger partial charge in [0.1, 0.15) is 0 Å². The van der Waals surface area contributed by atoms with E-state index < -0.39 is 19.4 Å². The molecule has 0 amide bonds. The van der Waals surface area contributed by atoms with Crippen molar-refractivity contribution in [2.45, 2.75) is 25.1 Å². The molecule has 0 saturated carbocycles. The van der Waals surface area contributed by atoms with Gasteiger partial charge in [-0.15, -0.1) is 0 Å². The van der Waals surface area contributed by atoms with Crippen LogP contribution < -0.4 is 0 Å². The summed E-state index contributed by atoms with van der Waals surface area (Å²) in [6.07, 6.45) is 0.878. The number of carboxylic acids is 1. The summed E-state index contributed by atoms with van der Waals surface area (Å²) in [6, 6.07) is 8.26. The first-order chi connectivity index (χ1) is 8.91. The highest BCUT2D eigenvalue weighted by Gasteiger charge is 2.31. The van der Waals surface area contributed by atoms with Crippen LogP contribution in [0.2, 0.25) is 0 Å². The Kier molecular flexibility index (Phi) is 6.18. The minimum absolute atomic E-state index is 0.0231. The Morgan fingerprint density at radius 3 is 2.37 bits per heavy atom. The average Bonchev–Trinajstić information content (AvgIpc) is 2.32. The van der Waals surface area contributed by atoms with Gasteiger partial charge in [-0.05, 0) is 18.4 Å². The van der Waals surface area contributed by atoms with E-state index in [9.17, 15) is 19.1 Å². The summed E-state index contributed by atoms with van der Waals surface area (Å²) in [5.74, 6) is -2.19. The highest BCUT2D eigenvalue weighted by Crippen LogP contribution is 2.52. The van der Waals surface area contributed by atoms with Crippen LogP contribution in [-0.2, 0) is 14.1 Å². The smallest absolute Gasteiger partial charge is 0.358 e. The summed E-state index contributed by atoms with van der Waals surface area (Å²) >= 11 is 0. The van der Waals surface area contributed by atoms with Crippen molar-refractivity contribution in [1.82, 2.24) is 0 Å². The first kappa shape index (κ1) is 15.9. The molecule has 1 atom stereocenters. The predicted octanol–water partition coefficient (Wildman–Crippen LogP) is 2.13. The third-order valence-electron chi connectivity index (χ3n) is 2.45. The van der Waals surface area contributed by atoms with E-state index in [1.807, 2.05) is 0 Å². The van der Waals surface area contributed by atoms with Gasteiger partial charge in [0, 0.05) is 13.0 Å². The predicted molar refractivity (Wildman–Crippen MR) is 68.7 cm³/mol. The Labute approximate surface area is 111 Å². The Bertz CT molecular complexity index is 441. The van der Waals surface area contributed by atoms with E-state index in [1.165, 1.54) is 0 Å². The number of hydrogen-bond acceptors (Lipinski definition) is 3. The SMILES string of the molecule is O=C(O)CCCCOC(c1ccccc1)P(=O)(O)O. The summed E-state index contributed by atoms with van der Waals surface area (Å²) in [7, 11) is -4.40. The summed E-state index contributed by atoms with van der Waals surface area (Å²) in [5, 5.41) is 8.46. The van der Waals surface area contributed by atoms with Crippen molar-refractivity contribution in [2.75, 3.05) is 6.61 Å². The maximum Gasteiger partial charge on any atom is 0.358 e. The van der Waals surface area contributed by atoms with Crippen LogP contribution in [0.3, 0.4) is 0 Å². The van der Waals surface area contributed by atoms with E-state index in [-0.39, 0.29) is 13.0 Å². The van der Waals surface area contributed by atoms with Crippen LogP contribution in [-0.4, -0.2) is 27.5 Å². The van der Waals surface area contributed by atoms with Gasteiger partial charge in [-0.1, -0.05) is 30.3 Å². The third-order valence-corrected chi connectivity index (χ3v) is 3.51. The highest BCUT2D eigenvalue weighted by atomic mass is 31.2. The summed E-state index contributed by atoms with van der Waals surface area (Å²) in [4.78, 5) is 28.8. The van der Waals surface area contributed by atoms with Crippen LogP contribution in [0.15, 0.2) is 30.3 Å². The Balaban J connectivity index is 2.53. The minimum Gasteiger partial charge on any atom is -0.481 e. The lowest BCUT2D eigenvalue weighted by Gasteiger charge is -2.19. The van der Waals surface area contributed by atoms with Gasteiger partial charge in [-0.2, -0.15) is 0 Å². The van der Waals surface area contributed by atoms with Crippen molar-refractivity contribution in [1.29, 1.82) is 0 Å². The van der Waals surface area contributed by atoms with E-state index in [0.29, 0.717) is 18.4 Å². The number of rotatable bonds is 8. The van der Waals surface area contributed by atoms with Gasteiger partial charge >= 0.3 is 13.6 Å². The molecule has 0 aliphatic carbocycles. The van der Waals surface area contributed by atoms with Crippen molar-refractivity contribution < 1.29 is 29.0 Å². The molecule has 1 unspecified atom stereocenters. The summed E-state index contributed by atoms with van der Waals surface area (Å²) in [6.45, 7) is 0.109. The number of unbranched alkanes of at least 4 members (excludes halogenated alkanes) is 1. The Hall–Kier alpha value is -1.20. The molecule has 0 aliphatic rings. The van der Waals surface area contributed by atoms with Gasteiger partial charge in [0.05, 0.1) is 0 Å². The maximum absolute atomic E-state index is 11.4. The van der Waals surface area contributed by atoms with Crippen molar-refractivity contribution in [3.8, 4) is 0 Å². The second kappa shape index (κ2) is 7.40. The molecule has 1 aromatic carbocycles. The molecule has 6 nitrogen and oxygen atoms in total. The van der Waals surface area contributed by atoms with Crippen molar-refractivity contribution in [3.63, 3.8) is 0 Å². The molecule has 0 aliphatic heterocycles.